The minimum atomic E-state index is -1.07. The fourth-order valence-corrected chi connectivity index (χ4v) is 2.59. The highest BCUT2D eigenvalue weighted by molar-refractivity contribution is 5.91. The molecule has 2 rings (SSSR count). The van der Waals surface area contributed by atoms with E-state index in [4.69, 9.17) is 9.52 Å². The van der Waals surface area contributed by atoms with Crippen LogP contribution >= 0.6 is 0 Å². The molecule has 1 aromatic heterocycles. The van der Waals surface area contributed by atoms with E-state index in [0.717, 1.165) is 17.4 Å². The fraction of sp³-hybridized carbons (Fsp3) is 0.438. The SMILES string of the molecule is CCC(O)C(C)(CC)c1ccc2oc(C(=O)O)cc2c1. The second-order valence-electron chi connectivity index (χ2n) is 5.36. The lowest BCUT2D eigenvalue weighted by molar-refractivity contribution is 0.0665. The van der Waals surface area contributed by atoms with Crippen LogP contribution in [0.2, 0.25) is 0 Å². The van der Waals surface area contributed by atoms with Crippen molar-refractivity contribution in [3.8, 4) is 0 Å². The average Bonchev–Trinajstić information content (AvgIpc) is 2.88. The first-order chi connectivity index (χ1) is 9.42. The largest absolute Gasteiger partial charge is 0.475 e. The number of benzene rings is 1. The van der Waals surface area contributed by atoms with Crippen molar-refractivity contribution in [2.24, 2.45) is 0 Å². The maximum atomic E-state index is 10.9. The van der Waals surface area contributed by atoms with Crippen LogP contribution in [0, 0.1) is 0 Å². The van der Waals surface area contributed by atoms with Crippen molar-refractivity contribution in [2.45, 2.75) is 45.1 Å². The molecule has 1 aromatic carbocycles. The van der Waals surface area contributed by atoms with Gasteiger partial charge in [0.1, 0.15) is 5.58 Å². The van der Waals surface area contributed by atoms with Gasteiger partial charge in [-0.2, -0.15) is 0 Å². The van der Waals surface area contributed by atoms with Gasteiger partial charge in [0.05, 0.1) is 6.10 Å². The zero-order valence-electron chi connectivity index (χ0n) is 12.0. The van der Waals surface area contributed by atoms with Crippen LogP contribution in [0.15, 0.2) is 28.7 Å². The van der Waals surface area contributed by atoms with E-state index in [0.29, 0.717) is 12.0 Å². The predicted molar refractivity (Wildman–Crippen MR) is 77.1 cm³/mol. The van der Waals surface area contributed by atoms with Crippen LogP contribution in [0.1, 0.15) is 49.7 Å². The lowest BCUT2D eigenvalue weighted by Crippen LogP contribution is -2.35. The molecule has 1 heterocycles. The van der Waals surface area contributed by atoms with Gasteiger partial charge in [-0.15, -0.1) is 0 Å². The Morgan fingerprint density at radius 1 is 1.35 bits per heavy atom. The van der Waals surface area contributed by atoms with E-state index in [9.17, 15) is 9.90 Å². The Bertz CT molecular complexity index is 628. The Morgan fingerprint density at radius 2 is 2.05 bits per heavy atom. The minimum Gasteiger partial charge on any atom is -0.475 e. The summed E-state index contributed by atoms with van der Waals surface area (Å²) in [6, 6.07) is 7.11. The molecular weight excluding hydrogens is 256 g/mol. The molecule has 0 radical (unpaired) electrons. The van der Waals surface area contributed by atoms with Gasteiger partial charge in [0.25, 0.3) is 0 Å². The molecule has 4 heteroatoms. The summed E-state index contributed by atoms with van der Waals surface area (Å²) in [5.41, 5.74) is 1.21. The van der Waals surface area contributed by atoms with Crippen LogP contribution in [0.4, 0.5) is 0 Å². The molecule has 2 aromatic rings. The highest BCUT2D eigenvalue weighted by atomic mass is 16.4. The molecule has 0 aliphatic carbocycles. The second-order valence-corrected chi connectivity index (χ2v) is 5.36. The average molecular weight is 276 g/mol. The Balaban J connectivity index is 2.52. The van der Waals surface area contributed by atoms with Gasteiger partial charge >= 0.3 is 5.97 Å². The van der Waals surface area contributed by atoms with E-state index in [-0.39, 0.29) is 11.2 Å². The van der Waals surface area contributed by atoms with Gasteiger partial charge in [0.2, 0.25) is 5.76 Å². The molecule has 2 unspecified atom stereocenters. The number of aliphatic hydroxyl groups is 1. The van der Waals surface area contributed by atoms with Gasteiger partial charge in [0, 0.05) is 10.8 Å². The second kappa shape index (κ2) is 5.29. The highest BCUT2D eigenvalue weighted by Gasteiger charge is 2.32. The topological polar surface area (TPSA) is 70.7 Å². The smallest absolute Gasteiger partial charge is 0.371 e. The lowest BCUT2D eigenvalue weighted by atomic mass is 9.74. The number of carboxylic acid groups (broad SMARTS) is 1. The summed E-state index contributed by atoms with van der Waals surface area (Å²) in [4.78, 5) is 10.9. The summed E-state index contributed by atoms with van der Waals surface area (Å²) >= 11 is 0. The molecule has 0 aliphatic heterocycles. The maximum absolute atomic E-state index is 10.9. The van der Waals surface area contributed by atoms with E-state index in [1.807, 2.05) is 32.9 Å². The van der Waals surface area contributed by atoms with Gasteiger partial charge in [-0.05, 0) is 36.6 Å². The van der Waals surface area contributed by atoms with Gasteiger partial charge in [-0.3, -0.25) is 0 Å². The summed E-state index contributed by atoms with van der Waals surface area (Å²) in [5.74, 6) is -1.14. The third-order valence-corrected chi connectivity index (χ3v) is 4.24. The third-order valence-electron chi connectivity index (χ3n) is 4.24. The molecular formula is C16H20O4. The van der Waals surface area contributed by atoms with Crippen LogP contribution < -0.4 is 0 Å². The molecule has 0 saturated heterocycles. The van der Waals surface area contributed by atoms with Crippen LogP contribution in [0.3, 0.4) is 0 Å². The third kappa shape index (κ3) is 2.31. The summed E-state index contributed by atoms with van der Waals surface area (Å²) in [7, 11) is 0. The number of carbonyl (C=O) groups is 1. The Labute approximate surface area is 118 Å². The molecule has 0 amide bonds. The molecule has 0 bridgehead atoms. The summed E-state index contributed by atoms with van der Waals surface area (Å²) in [5, 5.41) is 20.0. The van der Waals surface area contributed by atoms with Gasteiger partial charge in [-0.1, -0.05) is 26.8 Å². The fourth-order valence-electron chi connectivity index (χ4n) is 2.59. The van der Waals surface area contributed by atoms with Crippen LogP contribution in [-0.2, 0) is 5.41 Å². The Hall–Kier alpha value is -1.81. The van der Waals surface area contributed by atoms with E-state index >= 15 is 0 Å². The van der Waals surface area contributed by atoms with Crippen molar-refractivity contribution >= 4 is 16.9 Å². The number of carboxylic acids is 1. The number of aliphatic hydroxyl groups excluding tert-OH is 1. The number of hydrogen-bond donors (Lipinski definition) is 2. The quantitative estimate of drug-likeness (QED) is 0.875. The van der Waals surface area contributed by atoms with Crippen LogP contribution in [-0.4, -0.2) is 22.3 Å². The first kappa shape index (κ1) is 14.6. The standard InChI is InChI=1S/C16H20O4/c1-4-14(17)16(3,5-2)11-6-7-12-10(8-11)9-13(20-12)15(18)19/h6-9,14,17H,4-5H2,1-3H3,(H,18,19). The molecule has 0 spiro atoms. The van der Waals surface area contributed by atoms with Gasteiger partial charge in [-0.25, -0.2) is 4.79 Å². The molecule has 4 nitrogen and oxygen atoms in total. The number of furan rings is 1. The van der Waals surface area contributed by atoms with Crippen LogP contribution in [0.5, 0.6) is 0 Å². The van der Waals surface area contributed by atoms with Gasteiger partial charge in [0.15, 0.2) is 0 Å². The Kier molecular flexibility index (Phi) is 3.86. The van der Waals surface area contributed by atoms with E-state index in [1.165, 1.54) is 6.07 Å². The molecule has 0 aliphatic rings. The lowest BCUT2D eigenvalue weighted by Gasteiger charge is -2.33. The van der Waals surface area contributed by atoms with Crippen molar-refractivity contribution < 1.29 is 19.4 Å². The minimum absolute atomic E-state index is 0.0635. The molecule has 2 atom stereocenters. The Morgan fingerprint density at radius 3 is 2.60 bits per heavy atom. The maximum Gasteiger partial charge on any atom is 0.371 e. The monoisotopic (exact) mass is 276 g/mol. The van der Waals surface area contributed by atoms with Crippen molar-refractivity contribution in [3.63, 3.8) is 0 Å². The molecule has 0 saturated carbocycles. The van der Waals surface area contributed by atoms with Gasteiger partial charge < -0.3 is 14.6 Å². The zero-order valence-corrected chi connectivity index (χ0v) is 12.0. The highest BCUT2D eigenvalue weighted by Crippen LogP contribution is 2.35. The molecule has 20 heavy (non-hydrogen) atoms. The van der Waals surface area contributed by atoms with E-state index in [2.05, 4.69) is 0 Å². The number of aromatic carboxylic acids is 1. The number of fused-ring (bicyclic) bond motifs is 1. The van der Waals surface area contributed by atoms with Crippen molar-refractivity contribution in [1.82, 2.24) is 0 Å². The van der Waals surface area contributed by atoms with Crippen molar-refractivity contribution in [2.75, 3.05) is 0 Å². The van der Waals surface area contributed by atoms with E-state index < -0.39 is 12.1 Å². The number of hydrogen-bond acceptors (Lipinski definition) is 3. The molecule has 0 fully saturated rings. The summed E-state index contributed by atoms with van der Waals surface area (Å²) in [6.07, 6.45) is 1.04. The zero-order chi connectivity index (χ0) is 14.9. The predicted octanol–water partition coefficient (Wildman–Crippen LogP) is 3.57. The summed E-state index contributed by atoms with van der Waals surface area (Å²) < 4.78 is 5.26. The first-order valence-electron chi connectivity index (χ1n) is 6.87. The van der Waals surface area contributed by atoms with Crippen molar-refractivity contribution in [1.29, 1.82) is 0 Å². The molecule has 2 N–H and O–H groups in total. The normalized spacial score (nSPS) is 16.0. The molecule has 108 valence electrons. The van der Waals surface area contributed by atoms with Crippen LogP contribution in [0.25, 0.3) is 11.0 Å². The van der Waals surface area contributed by atoms with E-state index in [1.54, 1.807) is 6.07 Å². The first-order valence-corrected chi connectivity index (χ1v) is 6.87. The summed E-state index contributed by atoms with van der Waals surface area (Å²) in [6.45, 7) is 6.03. The number of rotatable bonds is 5. The van der Waals surface area contributed by atoms with Crippen molar-refractivity contribution in [3.05, 3.63) is 35.6 Å².